The molecule has 0 spiro atoms. The SMILES string of the molecule is Fc1ccc(N/N=C/c2c(Cl)ncnc2Cl)c(F)c1. The van der Waals surface area contributed by atoms with E-state index >= 15 is 0 Å². The summed E-state index contributed by atoms with van der Waals surface area (Å²) in [6.45, 7) is 0. The van der Waals surface area contributed by atoms with Crippen LogP contribution in [0.5, 0.6) is 0 Å². The molecule has 98 valence electrons. The molecule has 0 saturated heterocycles. The number of hydrazone groups is 1. The quantitative estimate of drug-likeness (QED) is 0.536. The van der Waals surface area contributed by atoms with Crippen LogP contribution in [0.25, 0.3) is 0 Å². The van der Waals surface area contributed by atoms with E-state index in [1.54, 1.807) is 0 Å². The van der Waals surface area contributed by atoms with E-state index in [0.29, 0.717) is 5.56 Å². The van der Waals surface area contributed by atoms with Gasteiger partial charge in [-0.2, -0.15) is 5.10 Å². The lowest BCUT2D eigenvalue weighted by atomic mass is 10.3. The highest BCUT2D eigenvalue weighted by atomic mass is 35.5. The molecular weight excluding hydrogens is 297 g/mol. The Labute approximate surface area is 117 Å². The van der Waals surface area contributed by atoms with Crippen molar-refractivity contribution in [1.82, 2.24) is 9.97 Å². The number of nitrogens with one attached hydrogen (secondary N) is 1. The fourth-order valence-electron chi connectivity index (χ4n) is 1.21. The first-order chi connectivity index (χ1) is 9.08. The Bertz CT molecular complexity index is 614. The van der Waals surface area contributed by atoms with E-state index in [-0.39, 0.29) is 16.0 Å². The summed E-state index contributed by atoms with van der Waals surface area (Å²) in [4.78, 5) is 7.44. The number of aromatic nitrogens is 2. The van der Waals surface area contributed by atoms with Crippen molar-refractivity contribution in [2.24, 2.45) is 5.10 Å². The van der Waals surface area contributed by atoms with E-state index in [1.807, 2.05) is 0 Å². The summed E-state index contributed by atoms with van der Waals surface area (Å²) in [5, 5.41) is 3.97. The molecule has 4 nitrogen and oxygen atoms in total. The van der Waals surface area contributed by atoms with E-state index in [4.69, 9.17) is 23.2 Å². The Morgan fingerprint density at radius 2 is 1.84 bits per heavy atom. The zero-order valence-corrected chi connectivity index (χ0v) is 10.8. The maximum absolute atomic E-state index is 13.3. The Balaban J connectivity index is 2.16. The van der Waals surface area contributed by atoms with Crippen molar-refractivity contribution in [3.63, 3.8) is 0 Å². The first-order valence-electron chi connectivity index (χ1n) is 4.98. The average molecular weight is 303 g/mol. The first kappa shape index (κ1) is 13.6. The fraction of sp³-hybridized carbons (Fsp3) is 0. The molecule has 0 atom stereocenters. The highest BCUT2D eigenvalue weighted by Gasteiger charge is 2.05. The molecule has 0 aliphatic rings. The van der Waals surface area contributed by atoms with Crippen LogP contribution in [0.2, 0.25) is 10.3 Å². The molecule has 1 aromatic carbocycles. The maximum atomic E-state index is 13.3. The van der Waals surface area contributed by atoms with Gasteiger partial charge in [0.2, 0.25) is 0 Å². The van der Waals surface area contributed by atoms with Gasteiger partial charge in [0, 0.05) is 6.07 Å². The summed E-state index contributed by atoms with van der Waals surface area (Å²) in [5.74, 6) is -1.44. The van der Waals surface area contributed by atoms with Gasteiger partial charge in [0.25, 0.3) is 0 Å². The lowest BCUT2D eigenvalue weighted by Crippen LogP contribution is -1.97. The summed E-state index contributed by atoms with van der Waals surface area (Å²) in [6.07, 6.45) is 2.45. The number of anilines is 1. The van der Waals surface area contributed by atoms with Gasteiger partial charge in [-0.1, -0.05) is 23.2 Å². The van der Waals surface area contributed by atoms with Crippen molar-refractivity contribution < 1.29 is 8.78 Å². The van der Waals surface area contributed by atoms with E-state index in [0.717, 1.165) is 12.1 Å². The molecule has 8 heteroatoms. The Morgan fingerprint density at radius 3 is 2.47 bits per heavy atom. The van der Waals surface area contributed by atoms with Crippen LogP contribution in [-0.2, 0) is 0 Å². The van der Waals surface area contributed by atoms with Gasteiger partial charge in [0.1, 0.15) is 22.5 Å². The summed E-state index contributed by atoms with van der Waals surface area (Å²) < 4.78 is 26.0. The summed E-state index contributed by atoms with van der Waals surface area (Å²) in [6, 6.07) is 3.06. The van der Waals surface area contributed by atoms with E-state index in [1.165, 1.54) is 18.6 Å². The van der Waals surface area contributed by atoms with Crippen LogP contribution in [-0.4, -0.2) is 16.2 Å². The molecule has 0 saturated carbocycles. The molecule has 1 aromatic heterocycles. The number of hydrogen-bond acceptors (Lipinski definition) is 4. The Kier molecular flexibility index (Phi) is 4.24. The van der Waals surface area contributed by atoms with Gasteiger partial charge in [0.15, 0.2) is 5.82 Å². The number of nitrogens with zero attached hydrogens (tertiary/aromatic N) is 3. The molecule has 0 amide bonds. The van der Waals surface area contributed by atoms with Gasteiger partial charge in [-0.3, -0.25) is 5.43 Å². The second-order valence-corrected chi connectivity index (χ2v) is 4.08. The lowest BCUT2D eigenvalue weighted by Gasteiger charge is -2.02. The summed E-state index contributed by atoms with van der Waals surface area (Å²) >= 11 is 11.6. The normalized spacial score (nSPS) is 10.9. The molecule has 0 radical (unpaired) electrons. The van der Waals surface area contributed by atoms with Crippen LogP contribution in [0.4, 0.5) is 14.5 Å². The van der Waals surface area contributed by atoms with Crippen molar-refractivity contribution in [1.29, 1.82) is 0 Å². The van der Waals surface area contributed by atoms with Gasteiger partial charge < -0.3 is 0 Å². The maximum Gasteiger partial charge on any atom is 0.151 e. The second kappa shape index (κ2) is 5.90. The zero-order valence-electron chi connectivity index (χ0n) is 9.24. The van der Waals surface area contributed by atoms with Crippen molar-refractivity contribution >= 4 is 35.1 Å². The lowest BCUT2D eigenvalue weighted by molar-refractivity contribution is 0.585. The van der Waals surface area contributed by atoms with Gasteiger partial charge in [-0.15, -0.1) is 0 Å². The van der Waals surface area contributed by atoms with Gasteiger partial charge in [0.05, 0.1) is 17.5 Å². The van der Waals surface area contributed by atoms with Gasteiger partial charge in [-0.05, 0) is 12.1 Å². The van der Waals surface area contributed by atoms with Crippen LogP contribution in [0.1, 0.15) is 5.56 Å². The minimum atomic E-state index is -0.765. The monoisotopic (exact) mass is 302 g/mol. The van der Waals surface area contributed by atoms with Crippen molar-refractivity contribution in [3.8, 4) is 0 Å². The van der Waals surface area contributed by atoms with Crippen molar-refractivity contribution in [2.45, 2.75) is 0 Å². The summed E-state index contributed by atoms with van der Waals surface area (Å²) in [7, 11) is 0. The Morgan fingerprint density at radius 1 is 1.16 bits per heavy atom. The third kappa shape index (κ3) is 3.36. The second-order valence-electron chi connectivity index (χ2n) is 3.36. The Hall–Kier alpha value is -1.79. The predicted molar refractivity (Wildman–Crippen MR) is 69.6 cm³/mol. The zero-order chi connectivity index (χ0) is 13.8. The van der Waals surface area contributed by atoms with Crippen LogP contribution in [0.15, 0.2) is 29.6 Å². The minimum absolute atomic E-state index is 0.0155. The predicted octanol–water partition coefficient (Wildman–Crippen LogP) is 3.51. The average Bonchev–Trinajstić information content (AvgIpc) is 2.35. The van der Waals surface area contributed by atoms with Crippen molar-refractivity contribution in [2.75, 3.05) is 5.43 Å². The molecular formula is C11H6Cl2F2N4. The number of halogens is 4. The molecule has 0 fully saturated rings. The smallest absolute Gasteiger partial charge is 0.151 e. The molecule has 2 rings (SSSR count). The topological polar surface area (TPSA) is 50.2 Å². The van der Waals surface area contributed by atoms with Crippen LogP contribution in [0.3, 0.4) is 0 Å². The fourth-order valence-corrected chi connectivity index (χ4v) is 1.62. The van der Waals surface area contributed by atoms with E-state index in [2.05, 4.69) is 20.5 Å². The molecule has 0 unspecified atom stereocenters. The third-order valence-electron chi connectivity index (χ3n) is 2.10. The molecule has 0 aliphatic heterocycles. The molecule has 2 aromatic rings. The van der Waals surface area contributed by atoms with Crippen LogP contribution >= 0.6 is 23.2 Å². The van der Waals surface area contributed by atoms with E-state index < -0.39 is 11.6 Å². The molecule has 1 N–H and O–H groups in total. The minimum Gasteiger partial charge on any atom is -0.276 e. The van der Waals surface area contributed by atoms with Crippen LogP contribution < -0.4 is 5.43 Å². The standard InChI is InChI=1S/C11H6Cl2F2N4/c12-10-7(11(13)17-5-16-10)4-18-19-9-2-1-6(14)3-8(9)15/h1-5,19H/b18-4+. The molecule has 1 heterocycles. The highest BCUT2D eigenvalue weighted by molar-refractivity contribution is 6.37. The molecule has 0 bridgehead atoms. The van der Waals surface area contributed by atoms with Gasteiger partial charge >= 0.3 is 0 Å². The molecule has 0 aliphatic carbocycles. The van der Waals surface area contributed by atoms with E-state index in [9.17, 15) is 8.78 Å². The first-order valence-corrected chi connectivity index (χ1v) is 5.73. The third-order valence-corrected chi connectivity index (χ3v) is 2.70. The van der Waals surface area contributed by atoms with Gasteiger partial charge in [-0.25, -0.2) is 18.7 Å². The largest absolute Gasteiger partial charge is 0.276 e. The summed E-state index contributed by atoms with van der Waals surface area (Å²) in [5.41, 5.74) is 2.71. The van der Waals surface area contributed by atoms with Crippen LogP contribution in [0, 0.1) is 11.6 Å². The number of rotatable bonds is 3. The van der Waals surface area contributed by atoms with Crippen molar-refractivity contribution in [3.05, 3.63) is 52.0 Å². The molecule has 19 heavy (non-hydrogen) atoms. The highest BCUT2D eigenvalue weighted by Crippen LogP contribution is 2.18. The number of benzene rings is 1. The number of hydrogen-bond donors (Lipinski definition) is 1.